The van der Waals surface area contributed by atoms with Crippen molar-refractivity contribution in [2.24, 2.45) is 5.92 Å². The highest BCUT2D eigenvalue weighted by Crippen LogP contribution is 2.40. The molecule has 0 spiro atoms. The van der Waals surface area contributed by atoms with E-state index >= 15 is 0 Å². The molecule has 5 heteroatoms. The summed E-state index contributed by atoms with van der Waals surface area (Å²) in [6.45, 7) is 2.22. The first-order valence-corrected chi connectivity index (χ1v) is 11.0. The molecule has 1 aliphatic rings. The molecule has 154 valence electrons. The van der Waals surface area contributed by atoms with Crippen LogP contribution in [-0.4, -0.2) is 19.0 Å². The number of hydrogen-bond acceptors (Lipinski definition) is 4. The number of fused-ring (bicyclic) bond motifs is 1. The number of thiophene rings is 1. The van der Waals surface area contributed by atoms with E-state index in [9.17, 15) is 9.59 Å². The Morgan fingerprint density at radius 1 is 1.03 bits per heavy atom. The van der Waals surface area contributed by atoms with E-state index in [0.717, 1.165) is 36.0 Å². The maximum absolute atomic E-state index is 13.5. The van der Waals surface area contributed by atoms with E-state index in [1.807, 2.05) is 60.7 Å². The molecule has 0 aliphatic heterocycles. The first-order valence-electron chi connectivity index (χ1n) is 10.2. The van der Waals surface area contributed by atoms with Crippen molar-refractivity contribution in [2.75, 3.05) is 12.4 Å². The van der Waals surface area contributed by atoms with Gasteiger partial charge in [-0.05, 0) is 41.9 Å². The molecular formula is C25H25NO3S. The number of benzene rings is 2. The average Bonchev–Trinajstić information content (AvgIpc) is 3.11. The number of anilines is 1. The molecule has 1 N–H and O–H groups in total. The summed E-state index contributed by atoms with van der Waals surface area (Å²) in [5.41, 5.74) is 3.39. The van der Waals surface area contributed by atoms with E-state index in [0.29, 0.717) is 16.5 Å². The van der Waals surface area contributed by atoms with E-state index in [1.165, 1.54) is 23.3 Å². The highest BCUT2D eigenvalue weighted by molar-refractivity contribution is 7.17. The van der Waals surface area contributed by atoms with Crippen LogP contribution >= 0.6 is 11.3 Å². The SMILES string of the molecule is COC(=O)c1c(NC(=O)C(c2ccccc2)c2ccccc2)sc2c1CCC(C)C2. The molecule has 0 bridgehead atoms. The molecule has 4 rings (SSSR count). The van der Waals surface area contributed by atoms with Gasteiger partial charge in [-0.15, -0.1) is 11.3 Å². The lowest BCUT2D eigenvalue weighted by Crippen LogP contribution is -2.23. The van der Waals surface area contributed by atoms with Gasteiger partial charge in [-0.25, -0.2) is 4.79 Å². The van der Waals surface area contributed by atoms with E-state index < -0.39 is 5.92 Å². The number of amides is 1. The Kier molecular flexibility index (Phi) is 6.00. The fourth-order valence-corrected chi connectivity index (χ4v) is 5.53. The van der Waals surface area contributed by atoms with Gasteiger partial charge in [0.1, 0.15) is 5.00 Å². The Bertz CT molecular complexity index is 1000. The summed E-state index contributed by atoms with van der Waals surface area (Å²) in [5.74, 6) is -0.417. The van der Waals surface area contributed by atoms with Crippen molar-refractivity contribution < 1.29 is 14.3 Å². The average molecular weight is 420 g/mol. The lowest BCUT2D eigenvalue weighted by atomic mass is 9.88. The van der Waals surface area contributed by atoms with Crippen LogP contribution in [0, 0.1) is 5.92 Å². The van der Waals surface area contributed by atoms with Crippen LogP contribution in [0.4, 0.5) is 5.00 Å². The standard InChI is InChI=1S/C25H25NO3S/c1-16-13-14-19-20(15-16)30-24(22(19)25(28)29-2)26-23(27)21(17-9-5-3-6-10-17)18-11-7-4-8-12-18/h3-12,16,21H,13-15H2,1-2H3,(H,26,27). The summed E-state index contributed by atoms with van der Waals surface area (Å²) in [6, 6.07) is 19.4. The van der Waals surface area contributed by atoms with Crippen LogP contribution in [-0.2, 0) is 22.4 Å². The molecule has 1 heterocycles. The minimum absolute atomic E-state index is 0.149. The topological polar surface area (TPSA) is 55.4 Å². The monoisotopic (exact) mass is 419 g/mol. The van der Waals surface area contributed by atoms with E-state index in [1.54, 1.807) is 0 Å². The number of nitrogens with one attached hydrogen (secondary N) is 1. The van der Waals surface area contributed by atoms with E-state index in [2.05, 4.69) is 12.2 Å². The zero-order valence-corrected chi connectivity index (χ0v) is 18.0. The van der Waals surface area contributed by atoms with E-state index in [4.69, 9.17) is 4.74 Å². The van der Waals surface area contributed by atoms with Gasteiger partial charge in [0.05, 0.1) is 18.6 Å². The summed E-state index contributed by atoms with van der Waals surface area (Å²) in [4.78, 5) is 27.3. The summed E-state index contributed by atoms with van der Waals surface area (Å²) >= 11 is 1.51. The van der Waals surface area contributed by atoms with Crippen LogP contribution in [0.15, 0.2) is 60.7 Å². The van der Waals surface area contributed by atoms with Gasteiger partial charge in [-0.1, -0.05) is 67.6 Å². The third-order valence-electron chi connectivity index (χ3n) is 5.67. The predicted octanol–water partition coefficient (Wildman–Crippen LogP) is 5.43. The Morgan fingerprint density at radius 3 is 2.20 bits per heavy atom. The molecule has 1 unspecified atom stereocenters. The normalized spacial score (nSPS) is 15.5. The predicted molar refractivity (Wildman–Crippen MR) is 120 cm³/mol. The molecule has 0 saturated carbocycles. The number of esters is 1. The Morgan fingerprint density at radius 2 is 1.63 bits per heavy atom. The van der Waals surface area contributed by atoms with E-state index in [-0.39, 0.29) is 11.9 Å². The van der Waals surface area contributed by atoms with Crippen molar-refractivity contribution in [1.29, 1.82) is 0 Å². The van der Waals surface area contributed by atoms with Gasteiger partial charge in [0.15, 0.2) is 0 Å². The summed E-state index contributed by atoms with van der Waals surface area (Å²) < 4.78 is 5.06. The molecule has 0 fully saturated rings. The van der Waals surface area contributed by atoms with Gasteiger partial charge >= 0.3 is 5.97 Å². The van der Waals surface area contributed by atoms with Gasteiger partial charge < -0.3 is 10.1 Å². The molecular weight excluding hydrogens is 394 g/mol. The maximum Gasteiger partial charge on any atom is 0.341 e. The van der Waals surface area contributed by atoms with Crippen LogP contribution in [0.5, 0.6) is 0 Å². The molecule has 0 saturated heterocycles. The number of ether oxygens (including phenoxy) is 1. The number of carbonyl (C=O) groups excluding carboxylic acids is 2. The fourth-order valence-electron chi connectivity index (χ4n) is 4.13. The molecule has 1 aliphatic carbocycles. The number of hydrogen-bond donors (Lipinski definition) is 1. The third kappa shape index (κ3) is 4.03. The van der Waals surface area contributed by atoms with Gasteiger partial charge in [0.2, 0.25) is 5.91 Å². The molecule has 30 heavy (non-hydrogen) atoms. The summed E-state index contributed by atoms with van der Waals surface area (Å²) in [5, 5.41) is 3.67. The number of carbonyl (C=O) groups is 2. The van der Waals surface area contributed by atoms with Crippen LogP contribution in [0.25, 0.3) is 0 Å². The molecule has 3 aromatic rings. The fraction of sp³-hybridized carbons (Fsp3) is 0.280. The van der Waals surface area contributed by atoms with Gasteiger partial charge in [0, 0.05) is 4.88 Å². The molecule has 1 amide bonds. The molecule has 1 aromatic heterocycles. The minimum Gasteiger partial charge on any atom is -0.465 e. The van der Waals surface area contributed by atoms with Crippen molar-refractivity contribution in [3.8, 4) is 0 Å². The van der Waals surface area contributed by atoms with Crippen molar-refractivity contribution in [2.45, 2.75) is 32.1 Å². The van der Waals surface area contributed by atoms with Crippen molar-refractivity contribution in [3.05, 3.63) is 87.8 Å². The highest BCUT2D eigenvalue weighted by atomic mass is 32.1. The van der Waals surface area contributed by atoms with Gasteiger partial charge in [-0.3, -0.25) is 4.79 Å². The van der Waals surface area contributed by atoms with Gasteiger partial charge in [-0.2, -0.15) is 0 Å². The highest BCUT2D eigenvalue weighted by Gasteiger charge is 2.31. The number of rotatable bonds is 5. The molecule has 1 atom stereocenters. The first kappa shape index (κ1) is 20.4. The van der Waals surface area contributed by atoms with Crippen molar-refractivity contribution in [3.63, 3.8) is 0 Å². The van der Waals surface area contributed by atoms with Crippen LogP contribution in [0.1, 0.15) is 51.2 Å². The lowest BCUT2D eigenvalue weighted by Gasteiger charge is -2.18. The van der Waals surface area contributed by atoms with Crippen LogP contribution in [0.3, 0.4) is 0 Å². The number of methoxy groups -OCH3 is 1. The maximum atomic E-state index is 13.5. The smallest absolute Gasteiger partial charge is 0.341 e. The molecule has 2 aromatic carbocycles. The second-order valence-corrected chi connectivity index (χ2v) is 8.90. The second-order valence-electron chi connectivity index (χ2n) is 7.79. The largest absolute Gasteiger partial charge is 0.465 e. The van der Waals surface area contributed by atoms with Crippen LogP contribution < -0.4 is 5.32 Å². The second kappa shape index (κ2) is 8.84. The molecule has 0 radical (unpaired) electrons. The molecule has 4 nitrogen and oxygen atoms in total. The minimum atomic E-state index is -0.462. The van der Waals surface area contributed by atoms with Crippen molar-refractivity contribution >= 4 is 28.2 Å². The summed E-state index contributed by atoms with van der Waals surface area (Å²) in [6.07, 6.45) is 2.81. The Balaban J connectivity index is 1.72. The third-order valence-corrected chi connectivity index (χ3v) is 6.84. The summed E-state index contributed by atoms with van der Waals surface area (Å²) in [7, 11) is 1.39. The first-order chi connectivity index (χ1) is 14.6. The zero-order valence-electron chi connectivity index (χ0n) is 17.2. The lowest BCUT2D eigenvalue weighted by molar-refractivity contribution is -0.116. The van der Waals surface area contributed by atoms with Crippen molar-refractivity contribution in [1.82, 2.24) is 0 Å². The Hall–Kier alpha value is -2.92. The Labute approximate surface area is 180 Å². The van der Waals surface area contributed by atoms with Gasteiger partial charge in [0.25, 0.3) is 0 Å². The zero-order chi connectivity index (χ0) is 21.1. The quantitative estimate of drug-likeness (QED) is 0.561. The van der Waals surface area contributed by atoms with Crippen LogP contribution in [0.2, 0.25) is 0 Å².